The highest BCUT2D eigenvalue weighted by Crippen LogP contribution is 2.25. The normalized spacial score (nSPS) is 10.6. The van der Waals surface area contributed by atoms with Crippen molar-refractivity contribution in [3.8, 4) is 11.3 Å². The van der Waals surface area contributed by atoms with E-state index in [1.165, 1.54) is 13.0 Å². The number of hydrogen-bond donors (Lipinski definition) is 2. The first kappa shape index (κ1) is 16.4. The molecule has 1 aromatic heterocycles. The van der Waals surface area contributed by atoms with Crippen LogP contribution in [0.1, 0.15) is 12.5 Å². The second-order valence-electron chi connectivity index (χ2n) is 5.60. The van der Waals surface area contributed by atoms with Crippen LogP contribution in [0.15, 0.2) is 57.7 Å². The molecule has 126 valence electrons. The molecule has 0 bridgehead atoms. The van der Waals surface area contributed by atoms with Crippen LogP contribution in [0.2, 0.25) is 0 Å². The number of benzene rings is 2. The molecule has 2 aromatic carbocycles. The van der Waals surface area contributed by atoms with Crippen molar-refractivity contribution in [1.29, 1.82) is 0 Å². The van der Waals surface area contributed by atoms with Crippen molar-refractivity contribution in [2.24, 2.45) is 0 Å². The van der Waals surface area contributed by atoms with Crippen molar-refractivity contribution in [1.82, 2.24) is 0 Å². The largest absolute Gasteiger partial charge is 0.481 e. The third-order valence-electron chi connectivity index (χ3n) is 3.67. The van der Waals surface area contributed by atoms with Gasteiger partial charge in [-0.15, -0.1) is 0 Å². The summed E-state index contributed by atoms with van der Waals surface area (Å²) >= 11 is 0. The number of carbonyl (C=O) groups is 2. The van der Waals surface area contributed by atoms with Crippen molar-refractivity contribution in [2.45, 2.75) is 13.3 Å². The molecule has 0 aliphatic carbocycles. The van der Waals surface area contributed by atoms with Gasteiger partial charge in [-0.2, -0.15) is 0 Å². The van der Waals surface area contributed by atoms with Crippen LogP contribution in [0.5, 0.6) is 0 Å². The minimum atomic E-state index is -1.000. The van der Waals surface area contributed by atoms with Crippen LogP contribution in [0.3, 0.4) is 0 Å². The minimum Gasteiger partial charge on any atom is -0.481 e. The van der Waals surface area contributed by atoms with Gasteiger partial charge >= 0.3 is 5.97 Å². The summed E-state index contributed by atoms with van der Waals surface area (Å²) in [5.74, 6) is -0.840. The fourth-order valence-corrected chi connectivity index (χ4v) is 2.60. The molecule has 0 aliphatic heterocycles. The predicted octanol–water partition coefficient (Wildman–Crippen LogP) is 3.05. The topological polar surface area (TPSA) is 96.6 Å². The number of anilines is 1. The highest BCUT2D eigenvalue weighted by atomic mass is 16.4. The van der Waals surface area contributed by atoms with Gasteiger partial charge in [0, 0.05) is 29.8 Å². The number of carboxylic acids is 1. The summed E-state index contributed by atoms with van der Waals surface area (Å²) in [6, 6.07) is 13.1. The predicted molar refractivity (Wildman–Crippen MR) is 93.6 cm³/mol. The van der Waals surface area contributed by atoms with Gasteiger partial charge in [-0.05, 0) is 30.3 Å². The van der Waals surface area contributed by atoms with Gasteiger partial charge in [0.1, 0.15) is 11.3 Å². The molecule has 1 amide bonds. The molecule has 0 unspecified atom stereocenters. The van der Waals surface area contributed by atoms with Crippen molar-refractivity contribution < 1.29 is 19.1 Å². The molecule has 6 nitrogen and oxygen atoms in total. The van der Waals surface area contributed by atoms with E-state index in [-0.39, 0.29) is 23.3 Å². The maximum Gasteiger partial charge on any atom is 0.307 e. The standard InChI is InChI=1S/C19H15NO5/c1-11(21)20-14-7-5-12(6-8-14)17-10-16(22)15-4-2-3-13(9-18(23)24)19(15)25-17/h2-8,10H,9H2,1H3,(H,20,21)(H,23,24). The quantitative estimate of drug-likeness (QED) is 0.763. The Hall–Kier alpha value is -3.41. The molecule has 3 rings (SSSR count). The number of amides is 1. The second kappa shape index (κ2) is 6.60. The Kier molecular flexibility index (Phi) is 4.35. The van der Waals surface area contributed by atoms with Crippen LogP contribution in [-0.2, 0) is 16.0 Å². The van der Waals surface area contributed by atoms with E-state index in [0.29, 0.717) is 28.0 Å². The number of carboxylic acid groups (broad SMARTS) is 1. The summed E-state index contributed by atoms with van der Waals surface area (Å²) < 4.78 is 5.83. The molecule has 3 aromatic rings. The maximum atomic E-state index is 12.4. The first-order chi connectivity index (χ1) is 11.9. The van der Waals surface area contributed by atoms with Crippen LogP contribution < -0.4 is 10.7 Å². The summed E-state index contributed by atoms with van der Waals surface area (Å²) in [6.07, 6.45) is -0.231. The first-order valence-electron chi connectivity index (χ1n) is 7.59. The van der Waals surface area contributed by atoms with E-state index in [1.807, 2.05) is 0 Å². The van der Waals surface area contributed by atoms with E-state index in [2.05, 4.69) is 5.32 Å². The molecule has 1 heterocycles. The Morgan fingerprint density at radius 3 is 2.48 bits per heavy atom. The van der Waals surface area contributed by atoms with Gasteiger partial charge in [-0.1, -0.05) is 12.1 Å². The molecule has 0 radical (unpaired) electrons. The first-order valence-corrected chi connectivity index (χ1v) is 7.59. The summed E-state index contributed by atoms with van der Waals surface area (Å²) in [4.78, 5) is 34.4. The molecule has 0 spiro atoms. The average molecular weight is 337 g/mol. The van der Waals surface area contributed by atoms with E-state index in [9.17, 15) is 14.4 Å². The lowest BCUT2D eigenvalue weighted by Crippen LogP contribution is -2.06. The van der Waals surface area contributed by atoms with Crippen molar-refractivity contribution in [3.63, 3.8) is 0 Å². The highest BCUT2D eigenvalue weighted by molar-refractivity contribution is 5.89. The van der Waals surface area contributed by atoms with E-state index in [4.69, 9.17) is 9.52 Å². The SMILES string of the molecule is CC(=O)Nc1ccc(-c2cc(=O)c3cccc(CC(=O)O)c3o2)cc1. The van der Waals surface area contributed by atoms with E-state index < -0.39 is 5.97 Å². The average Bonchev–Trinajstić information content (AvgIpc) is 2.55. The molecule has 25 heavy (non-hydrogen) atoms. The van der Waals surface area contributed by atoms with Gasteiger partial charge in [-0.3, -0.25) is 14.4 Å². The maximum absolute atomic E-state index is 12.4. The van der Waals surface area contributed by atoms with Gasteiger partial charge in [0.05, 0.1) is 11.8 Å². The summed E-state index contributed by atoms with van der Waals surface area (Å²) in [5, 5.41) is 12.0. The summed E-state index contributed by atoms with van der Waals surface area (Å²) in [5.41, 5.74) is 1.76. The monoisotopic (exact) mass is 337 g/mol. The number of aliphatic carboxylic acids is 1. The van der Waals surface area contributed by atoms with Crippen LogP contribution in [0, 0.1) is 0 Å². The van der Waals surface area contributed by atoms with Gasteiger partial charge < -0.3 is 14.8 Å². The number of hydrogen-bond acceptors (Lipinski definition) is 4. The number of nitrogens with one attached hydrogen (secondary N) is 1. The van der Waals surface area contributed by atoms with Crippen LogP contribution in [-0.4, -0.2) is 17.0 Å². The molecular weight excluding hydrogens is 322 g/mol. The number of fused-ring (bicyclic) bond motifs is 1. The molecule has 0 fully saturated rings. The fraction of sp³-hybridized carbons (Fsp3) is 0.105. The third-order valence-corrected chi connectivity index (χ3v) is 3.67. The lowest BCUT2D eigenvalue weighted by molar-refractivity contribution is -0.136. The van der Waals surface area contributed by atoms with Gasteiger partial charge in [0.2, 0.25) is 5.91 Å². The highest BCUT2D eigenvalue weighted by Gasteiger charge is 2.12. The zero-order chi connectivity index (χ0) is 18.0. The Labute approximate surface area is 142 Å². The lowest BCUT2D eigenvalue weighted by atomic mass is 10.1. The van der Waals surface area contributed by atoms with Crippen LogP contribution in [0.25, 0.3) is 22.3 Å². The number of rotatable bonds is 4. The minimum absolute atomic E-state index is 0.178. The third kappa shape index (κ3) is 3.58. The van der Waals surface area contributed by atoms with Crippen LogP contribution >= 0.6 is 0 Å². The number of carbonyl (C=O) groups excluding carboxylic acids is 1. The second-order valence-corrected chi connectivity index (χ2v) is 5.60. The molecule has 2 N–H and O–H groups in total. The Balaban J connectivity index is 2.09. The van der Waals surface area contributed by atoms with E-state index in [0.717, 1.165) is 0 Å². The molecule has 0 atom stereocenters. The molecule has 0 saturated carbocycles. The zero-order valence-electron chi connectivity index (χ0n) is 13.4. The Morgan fingerprint density at radius 1 is 1.12 bits per heavy atom. The van der Waals surface area contributed by atoms with Crippen molar-refractivity contribution in [3.05, 3.63) is 64.3 Å². The Morgan fingerprint density at radius 2 is 1.84 bits per heavy atom. The lowest BCUT2D eigenvalue weighted by Gasteiger charge is -2.07. The van der Waals surface area contributed by atoms with Crippen molar-refractivity contribution in [2.75, 3.05) is 5.32 Å². The van der Waals surface area contributed by atoms with E-state index in [1.54, 1.807) is 42.5 Å². The summed E-state index contributed by atoms with van der Waals surface area (Å²) in [6.45, 7) is 1.42. The van der Waals surface area contributed by atoms with Gasteiger partial charge in [0.15, 0.2) is 5.43 Å². The molecule has 0 aliphatic rings. The van der Waals surface area contributed by atoms with Gasteiger partial charge in [-0.25, -0.2) is 0 Å². The number of para-hydroxylation sites is 1. The summed E-state index contributed by atoms with van der Waals surface area (Å²) in [7, 11) is 0. The zero-order valence-corrected chi connectivity index (χ0v) is 13.4. The molecule has 0 saturated heterocycles. The fourth-order valence-electron chi connectivity index (χ4n) is 2.60. The van der Waals surface area contributed by atoms with Crippen LogP contribution in [0.4, 0.5) is 5.69 Å². The molecule has 6 heteroatoms. The van der Waals surface area contributed by atoms with Gasteiger partial charge in [0.25, 0.3) is 0 Å². The van der Waals surface area contributed by atoms with E-state index >= 15 is 0 Å². The Bertz CT molecular complexity index is 1020. The molecular formula is C19H15NO5. The smallest absolute Gasteiger partial charge is 0.307 e. The van der Waals surface area contributed by atoms with Crippen molar-refractivity contribution >= 4 is 28.5 Å².